The highest BCUT2D eigenvalue weighted by Crippen LogP contribution is 2.11. The van der Waals surface area contributed by atoms with Crippen LogP contribution in [-0.4, -0.2) is 11.9 Å². The van der Waals surface area contributed by atoms with Crippen LogP contribution >= 0.6 is 0 Å². The highest BCUT2D eigenvalue weighted by atomic mass is 16.1. The zero-order valence-electron chi connectivity index (χ0n) is 10.8. The van der Waals surface area contributed by atoms with Crippen LogP contribution in [0.4, 0.5) is 0 Å². The lowest BCUT2D eigenvalue weighted by molar-refractivity contribution is -0.121. The molecule has 1 unspecified atom stereocenters. The molecule has 2 nitrogen and oxygen atoms in total. The first-order valence-corrected chi connectivity index (χ1v) is 6.83. The van der Waals surface area contributed by atoms with E-state index in [0.717, 1.165) is 32.1 Å². The topological polar surface area (TPSA) is 29.1 Å². The van der Waals surface area contributed by atoms with Gasteiger partial charge in [0.25, 0.3) is 0 Å². The van der Waals surface area contributed by atoms with Crippen molar-refractivity contribution in [3.8, 4) is 0 Å². The number of hydrogen-bond donors (Lipinski definition) is 1. The van der Waals surface area contributed by atoms with Crippen LogP contribution < -0.4 is 5.32 Å². The van der Waals surface area contributed by atoms with E-state index in [1.807, 2.05) is 18.2 Å². The van der Waals surface area contributed by atoms with Gasteiger partial charge in [0.15, 0.2) is 0 Å². The summed E-state index contributed by atoms with van der Waals surface area (Å²) in [6, 6.07) is 10.7. The average Bonchev–Trinajstić information content (AvgIpc) is 2.41. The van der Waals surface area contributed by atoms with E-state index in [1.165, 1.54) is 5.56 Å². The lowest BCUT2D eigenvalue weighted by atomic mass is 10.0. The molecule has 0 aliphatic heterocycles. The summed E-state index contributed by atoms with van der Waals surface area (Å²) in [5, 5.41) is 3.11. The standard InChI is InChI=1S/C16H21NO/c18-16(17-15-11-5-2-6-12-15)13-7-10-14-8-3-1-4-9-14/h1-5,8-9,15H,6-7,10-13H2,(H,17,18). The summed E-state index contributed by atoms with van der Waals surface area (Å²) >= 11 is 0. The summed E-state index contributed by atoms with van der Waals surface area (Å²) in [4.78, 5) is 11.8. The van der Waals surface area contributed by atoms with Gasteiger partial charge in [0.2, 0.25) is 5.91 Å². The van der Waals surface area contributed by atoms with E-state index in [4.69, 9.17) is 0 Å². The first-order valence-electron chi connectivity index (χ1n) is 6.83. The van der Waals surface area contributed by atoms with Gasteiger partial charge in [-0.1, -0.05) is 42.5 Å². The quantitative estimate of drug-likeness (QED) is 0.790. The van der Waals surface area contributed by atoms with Crippen molar-refractivity contribution >= 4 is 5.91 Å². The smallest absolute Gasteiger partial charge is 0.220 e. The summed E-state index contributed by atoms with van der Waals surface area (Å²) in [5.41, 5.74) is 1.31. The molecule has 1 aromatic carbocycles. The number of allylic oxidation sites excluding steroid dienone is 1. The van der Waals surface area contributed by atoms with Crippen LogP contribution in [0.15, 0.2) is 42.5 Å². The maximum Gasteiger partial charge on any atom is 0.220 e. The molecule has 1 atom stereocenters. The third-order valence-corrected chi connectivity index (χ3v) is 3.35. The molecule has 0 bridgehead atoms. The van der Waals surface area contributed by atoms with Gasteiger partial charge in [-0.25, -0.2) is 0 Å². The van der Waals surface area contributed by atoms with E-state index in [1.54, 1.807) is 0 Å². The monoisotopic (exact) mass is 243 g/mol. The van der Waals surface area contributed by atoms with Gasteiger partial charge < -0.3 is 5.32 Å². The highest BCUT2D eigenvalue weighted by Gasteiger charge is 2.12. The number of carbonyl (C=O) groups excluding carboxylic acids is 1. The maximum atomic E-state index is 11.8. The number of carbonyl (C=O) groups is 1. The Kier molecular flexibility index (Phi) is 5.00. The maximum absolute atomic E-state index is 11.8. The lowest BCUT2D eigenvalue weighted by Crippen LogP contribution is -2.35. The number of rotatable bonds is 5. The van der Waals surface area contributed by atoms with E-state index in [-0.39, 0.29) is 5.91 Å². The minimum Gasteiger partial charge on any atom is -0.353 e. The van der Waals surface area contributed by atoms with Gasteiger partial charge in [0.05, 0.1) is 0 Å². The molecule has 2 rings (SSSR count). The van der Waals surface area contributed by atoms with Gasteiger partial charge >= 0.3 is 0 Å². The fourth-order valence-corrected chi connectivity index (χ4v) is 2.32. The Hall–Kier alpha value is -1.57. The van der Waals surface area contributed by atoms with Gasteiger partial charge in [-0.2, -0.15) is 0 Å². The minimum atomic E-state index is 0.200. The summed E-state index contributed by atoms with van der Waals surface area (Å²) in [6.45, 7) is 0. The third-order valence-electron chi connectivity index (χ3n) is 3.35. The van der Waals surface area contributed by atoms with Crippen molar-refractivity contribution in [3.63, 3.8) is 0 Å². The zero-order chi connectivity index (χ0) is 12.6. The van der Waals surface area contributed by atoms with Crippen LogP contribution in [0, 0.1) is 0 Å². The molecule has 0 saturated carbocycles. The molecule has 0 fully saturated rings. The molecule has 1 amide bonds. The Labute approximate surface area is 109 Å². The highest BCUT2D eigenvalue weighted by molar-refractivity contribution is 5.76. The SMILES string of the molecule is O=C(CCCc1ccccc1)NC1CC=CCC1. The van der Waals surface area contributed by atoms with Crippen LogP contribution in [0.5, 0.6) is 0 Å². The van der Waals surface area contributed by atoms with Crippen LogP contribution in [0.2, 0.25) is 0 Å². The Morgan fingerprint density at radius 3 is 2.78 bits per heavy atom. The predicted octanol–water partition coefficient (Wildman–Crippen LogP) is 3.23. The van der Waals surface area contributed by atoms with Crippen molar-refractivity contribution in [3.05, 3.63) is 48.0 Å². The Morgan fingerprint density at radius 1 is 1.22 bits per heavy atom. The average molecular weight is 243 g/mol. The molecular weight excluding hydrogens is 222 g/mol. The van der Waals surface area contributed by atoms with E-state index >= 15 is 0 Å². The molecular formula is C16H21NO. The van der Waals surface area contributed by atoms with Gasteiger partial charge in [0, 0.05) is 12.5 Å². The molecule has 18 heavy (non-hydrogen) atoms. The lowest BCUT2D eigenvalue weighted by Gasteiger charge is -2.19. The van der Waals surface area contributed by atoms with Crippen molar-refractivity contribution < 1.29 is 4.79 Å². The zero-order valence-corrected chi connectivity index (χ0v) is 10.8. The minimum absolute atomic E-state index is 0.200. The second-order valence-electron chi connectivity index (χ2n) is 4.89. The largest absolute Gasteiger partial charge is 0.353 e. The van der Waals surface area contributed by atoms with Crippen LogP contribution in [-0.2, 0) is 11.2 Å². The first kappa shape index (κ1) is 12.9. The Balaban J connectivity index is 1.64. The van der Waals surface area contributed by atoms with Crippen molar-refractivity contribution in [2.45, 2.75) is 44.6 Å². The van der Waals surface area contributed by atoms with Crippen LogP contribution in [0.25, 0.3) is 0 Å². The second-order valence-corrected chi connectivity index (χ2v) is 4.89. The number of nitrogens with one attached hydrogen (secondary N) is 1. The van der Waals surface area contributed by atoms with E-state index in [0.29, 0.717) is 12.5 Å². The van der Waals surface area contributed by atoms with Crippen LogP contribution in [0.3, 0.4) is 0 Å². The first-order chi connectivity index (χ1) is 8.84. The predicted molar refractivity (Wildman–Crippen MR) is 74.3 cm³/mol. The fraction of sp³-hybridized carbons (Fsp3) is 0.438. The second kappa shape index (κ2) is 7.00. The van der Waals surface area contributed by atoms with Gasteiger partial charge in [-0.05, 0) is 37.7 Å². The summed E-state index contributed by atoms with van der Waals surface area (Å²) < 4.78 is 0. The molecule has 0 heterocycles. The summed E-state index contributed by atoms with van der Waals surface area (Å²) in [6.07, 6.45) is 10.1. The number of amides is 1. The molecule has 1 aliphatic carbocycles. The van der Waals surface area contributed by atoms with Crippen molar-refractivity contribution in [2.75, 3.05) is 0 Å². The summed E-state index contributed by atoms with van der Waals surface area (Å²) in [7, 11) is 0. The van der Waals surface area contributed by atoms with Gasteiger partial charge in [0.1, 0.15) is 0 Å². The molecule has 0 spiro atoms. The molecule has 1 aliphatic rings. The Morgan fingerprint density at radius 2 is 2.06 bits per heavy atom. The van der Waals surface area contributed by atoms with Crippen molar-refractivity contribution in [1.29, 1.82) is 0 Å². The number of hydrogen-bond acceptors (Lipinski definition) is 1. The van der Waals surface area contributed by atoms with Crippen molar-refractivity contribution in [2.24, 2.45) is 0 Å². The summed E-state index contributed by atoms with van der Waals surface area (Å²) in [5.74, 6) is 0.200. The Bertz CT molecular complexity index is 397. The van der Waals surface area contributed by atoms with E-state index in [2.05, 4.69) is 29.6 Å². The molecule has 0 aromatic heterocycles. The van der Waals surface area contributed by atoms with E-state index in [9.17, 15) is 4.79 Å². The van der Waals surface area contributed by atoms with Gasteiger partial charge in [-0.15, -0.1) is 0 Å². The van der Waals surface area contributed by atoms with Gasteiger partial charge in [-0.3, -0.25) is 4.79 Å². The normalized spacial score (nSPS) is 18.6. The third kappa shape index (κ3) is 4.36. The van der Waals surface area contributed by atoms with E-state index < -0.39 is 0 Å². The molecule has 2 heteroatoms. The number of benzene rings is 1. The fourth-order valence-electron chi connectivity index (χ4n) is 2.32. The van der Waals surface area contributed by atoms with Crippen molar-refractivity contribution in [1.82, 2.24) is 5.32 Å². The molecule has 96 valence electrons. The molecule has 0 saturated heterocycles. The molecule has 1 aromatic rings. The molecule has 1 N–H and O–H groups in total. The van der Waals surface area contributed by atoms with Crippen LogP contribution in [0.1, 0.15) is 37.7 Å². The molecule has 0 radical (unpaired) electrons. The number of aryl methyl sites for hydroxylation is 1.